The lowest BCUT2D eigenvalue weighted by Crippen LogP contribution is -2.52. The summed E-state index contributed by atoms with van der Waals surface area (Å²) in [4.78, 5) is 22.0. The molecule has 8 heteroatoms. The van der Waals surface area contributed by atoms with Gasteiger partial charge in [-0.2, -0.15) is 5.10 Å². The van der Waals surface area contributed by atoms with Crippen LogP contribution in [0.3, 0.4) is 0 Å². The number of piperidine rings is 1. The fourth-order valence-electron chi connectivity index (χ4n) is 4.55. The molecular weight excluding hydrogens is 368 g/mol. The maximum Gasteiger partial charge on any atom is 0.225 e. The van der Waals surface area contributed by atoms with Crippen molar-refractivity contribution in [3.8, 4) is 0 Å². The maximum absolute atomic E-state index is 13.2. The van der Waals surface area contributed by atoms with E-state index in [1.165, 1.54) is 19.3 Å². The molecule has 0 aromatic carbocycles. The van der Waals surface area contributed by atoms with Crippen molar-refractivity contribution in [3.63, 3.8) is 0 Å². The van der Waals surface area contributed by atoms with Crippen molar-refractivity contribution in [2.45, 2.75) is 51.3 Å². The van der Waals surface area contributed by atoms with Crippen LogP contribution in [0.5, 0.6) is 0 Å². The second-order valence-corrected chi connectivity index (χ2v) is 8.17. The number of nitrogens with zero attached hydrogens (tertiary/aromatic N) is 6. The summed E-state index contributed by atoms with van der Waals surface area (Å²) in [7, 11) is 1.92. The number of carbonyl (C=O) groups excluding carboxylic acids is 1. The number of hydrogen-bond donors (Lipinski definition) is 0. The molecular formula is C21H32N6O2. The van der Waals surface area contributed by atoms with E-state index in [4.69, 9.17) is 4.74 Å². The predicted molar refractivity (Wildman–Crippen MR) is 109 cm³/mol. The molecule has 29 heavy (non-hydrogen) atoms. The molecule has 0 saturated carbocycles. The Bertz CT molecular complexity index is 810. The lowest BCUT2D eigenvalue weighted by molar-refractivity contribution is -0.149. The number of aromatic nitrogens is 4. The molecule has 2 atom stereocenters. The van der Waals surface area contributed by atoms with Gasteiger partial charge in [-0.25, -0.2) is 4.98 Å². The third-order valence-electron chi connectivity index (χ3n) is 6.12. The third kappa shape index (κ3) is 4.70. The van der Waals surface area contributed by atoms with Crippen LogP contribution >= 0.6 is 0 Å². The van der Waals surface area contributed by atoms with Crippen molar-refractivity contribution in [3.05, 3.63) is 36.2 Å². The van der Waals surface area contributed by atoms with Gasteiger partial charge in [-0.15, -0.1) is 0 Å². The summed E-state index contributed by atoms with van der Waals surface area (Å²) < 4.78 is 10.1. The van der Waals surface area contributed by atoms with Crippen LogP contribution in [0.4, 0.5) is 0 Å². The fourth-order valence-corrected chi connectivity index (χ4v) is 4.55. The first-order valence-corrected chi connectivity index (χ1v) is 10.7. The average Bonchev–Trinajstić information content (AvgIpc) is 3.34. The van der Waals surface area contributed by atoms with Gasteiger partial charge in [0, 0.05) is 57.3 Å². The molecule has 0 radical (unpaired) electrons. The Morgan fingerprint density at radius 3 is 2.76 bits per heavy atom. The van der Waals surface area contributed by atoms with Gasteiger partial charge < -0.3 is 19.1 Å². The molecule has 158 valence electrons. The minimum atomic E-state index is -0.0873. The molecule has 2 saturated heterocycles. The summed E-state index contributed by atoms with van der Waals surface area (Å²) in [5, 5.41) is 4.36. The summed E-state index contributed by atoms with van der Waals surface area (Å²) >= 11 is 0. The molecule has 1 amide bonds. The van der Waals surface area contributed by atoms with Gasteiger partial charge in [0.15, 0.2) is 0 Å². The first-order chi connectivity index (χ1) is 14.1. The average molecular weight is 401 g/mol. The largest absolute Gasteiger partial charge is 0.373 e. The van der Waals surface area contributed by atoms with Crippen molar-refractivity contribution in [1.29, 1.82) is 0 Å². The Balaban J connectivity index is 1.50. The molecule has 2 aromatic heterocycles. The SMILES string of the molecule is Cc1nccn1CCC(=O)N1CCO[C@@H](CN2CCCCC2)[C@@H]1c1cnn(C)c1. The first kappa shape index (κ1) is 20.1. The first-order valence-electron chi connectivity index (χ1n) is 10.7. The van der Waals surface area contributed by atoms with Gasteiger partial charge in [-0.3, -0.25) is 9.48 Å². The lowest BCUT2D eigenvalue weighted by atomic mass is 9.99. The van der Waals surface area contributed by atoms with Crippen LogP contribution in [0.25, 0.3) is 0 Å². The highest BCUT2D eigenvalue weighted by Gasteiger charge is 2.38. The Morgan fingerprint density at radius 1 is 1.24 bits per heavy atom. The van der Waals surface area contributed by atoms with E-state index in [1.807, 2.05) is 42.0 Å². The lowest BCUT2D eigenvalue weighted by Gasteiger charge is -2.43. The van der Waals surface area contributed by atoms with Crippen LogP contribution in [0.1, 0.15) is 43.1 Å². The van der Waals surface area contributed by atoms with E-state index in [-0.39, 0.29) is 18.1 Å². The van der Waals surface area contributed by atoms with E-state index in [1.54, 1.807) is 10.9 Å². The molecule has 2 fully saturated rings. The number of rotatable bonds is 6. The molecule has 0 N–H and O–H groups in total. The van der Waals surface area contributed by atoms with Gasteiger partial charge >= 0.3 is 0 Å². The topological polar surface area (TPSA) is 68.4 Å². The Labute approximate surface area is 172 Å². The van der Waals surface area contributed by atoms with Gasteiger partial charge in [0.1, 0.15) is 5.82 Å². The molecule has 2 aliphatic heterocycles. The van der Waals surface area contributed by atoms with E-state index in [9.17, 15) is 4.79 Å². The summed E-state index contributed by atoms with van der Waals surface area (Å²) in [5.41, 5.74) is 1.06. The van der Waals surface area contributed by atoms with Crippen LogP contribution in [0.15, 0.2) is 24.8 Å². The molecule has 4 rings (SSSR count). The number of carbonyl (C=O) groups is 1. The van der Waals surface area contributed by atoms with Gasteiger partial charge in [0.2, 0.25) is 5.91 Å². The number of aryl methyl sites for hydroxylation is 3. The smallest absolute Gasteiger partial charge is 0.225 e. The number of ether oxygens (including phenoxy) is 1. The van der Waals surface area contributed by atoms with Crippen molar-refractivity contribution in [1.82, 2.24) is 29.1 Å². The van der Waals surface area contributed by atoms with Gasteiger partial charge in [-0.1, -0.05) is 6.42 Å². The number of morpholine rings is 1. The Morgan fingerprint density at radius 2 is 2.07 bits per heavy atom. The van der Waals surface area contributed by atoms with Crippen LogP contribution in [0, 0.1) is 6.92 Å². The third-order valence-corrected chi connectivity index (χ3v) is 6.12. The second-order valence-electron chi connectivity index (χ2n) is 8.17. The highest BCUT2D eigenvalue weighted by molar-refractivity contribution is 5.77. The normalized spacial score (nSPS) is 23.4. The minimum Gasteiger partial charge on any atom is -0.373 e. The Kier molecular flexibility index (Phi) is 6.30. The summed E-state index contributed by atoms with van der Waals surface area (Å²) in [6.45, 7) is 6.93. The quantitative estimate of drug-likeness (QED) is 0.739. The molecule has 2 aliphatic rings. The molecule has 0 aliphatic carbocycles. The molecule has 8 nitrogen and oxygen atoms in total. The van der Waals surface area contributed by atoms with Crippen LogP contribution in [-0.4, -0.2) is 73.9 Å². The van der Waals surface area contributed by atoms with E-state index in [0.29, 0.717) is 26.1 Å². The van der Waals surface area contributed by atoms with Crippen molar-refractivity contribution < 1.29 is 9.53 Å². The fraction of sp³-hybridized carbons (Fsp3) is 0.667. The molecule has 4 heterocycles. The Hall–Kier alpha value is -2.19. The highest BCUT2D eigenvalue weighted by Crippen LogP contribution is 2.31. The van der Waals surface area contributed by atoms with Gasteiger partial charge in [0.05, 0.1) is 24.9 Å². The van der Waals surface area contributed by atoms with E-state index in [0.717, 1.165) is 31.0 Å². The van der Waals surface area contributed by atoms with Gasteiger partial charge in [-0.05, 0) is 32.9 Å². The maximum atomic E-state index is 13.2. The van der Waals surface area contributed by atoms with Gasteiger partial charge in [0.25, 0.3) is 0 Å². The molecule has 0 unspecified atom stereocenters. The highest BCUT2D eigenvalue weighted by atomic mass is 16.5. The van der Waals surface area contributed by atoms with E-state index < -0.39 is 0 Å². The van der Waals surface area contributed by atoms with Crippen LogP contribution in [-0.2, 0) is 23.1 Å². The van der Waals surface area contributed by atoms with Crippen molar-refractivity contribution in [2.24, 2.45) is 7.05 Å². The predicted octanol–water partition coefficient (Wildman–Crippen LogP) is 1.77. The molecule has 0 spiro atoms. The minimum absolute atomic E-state index is 0.0232. The number of likely N-dealkylation sites (tertiary alicyclic amines) is 1. The summed E-state index contributed by atoms with van der Waals surface area (Å²) in [6.07, 6.45) is 11.8. The van der Waals surface area contributed by atoms with Crippen LogP contribution in [0.2, 0.25) is 0 Å². The molecule has 0 bridgehead atoms. The zero-order valence-corrected chi connectivity index (χ0v) is 17.5. The zero-order valence-electron chi connectivity index (χ0n) is 17.5. The van der Waals surface area contributed by atoms with E-state index >= 15 is 0 Å². The van der Waals surface area contributed by atoms with E-state index in [2.05, 4.69) is 15.0 Å². The number of imidazole rings is 1. The summed E-state index contributed by atoms with van der Waals surface area (Å²) in [6, 6.07) is -0.0873. The summed E-state index contributed by atoms with van der Waals surface area (Å²) in [5.74, 6) is 1.10. The number of hydrogen-bond acceptors (Lipinski definition) is 5. The zero-order chi connectivity index (χ0) is 20.2. The second kappa shape index (κ2) is 9.09. The number of amides is 1. The van der Waals surface area contributed by atoms with Crippen LogP contribution < -0.4 is 0 Å². The molecule has 2 aromatic rings. The van der Waals surface area contributed by atoms with Crippen molar-refractivity contribution in [2.75, 3.05) is 32.8 Å². The van der Waals surface area contributed by atoms with Crippen molar-refractivity contribution >= 4 is 5.91 Å². The standard InChI is InChI=1S/C21H32N6O2/c1-17-22-7-11-26(17)10-6-20(28)27-12-13-29-19(16-25-8-4-3-5-9-25)21(27)18-14-23-24(2)15-18/h7,11,14-15,19,21H,3-6,8-10,12-13,16H2,1-2H3/t19-,21-/m0/s1. The monoisotopic (exact) mass is 400 g/mol.